The molecule has 1 amide bonds. The molecule has 0 saturated carbocycles. The third-order valence-electron chi connectivity index (χ3n) is 1.17. The van der Waals surface area contributed by atoms with Gasteiger partial charge in [-0.05, 0) is 6.42 Å². The number of aliphatic imine (C=N–C) groups is 1. The lowest BCUT2D eigenvalue weighted by Crippen LogP contribution is -2.27. The van der Waals surface area contributed by atoms with Crippen molar-refractivity contribution in [3.8, 4) is 0 Å². The maximum atomic E-state index is 10.5. The molecule has 0 aromatic rings. The van der Waals surface area contributed by atoms with Crippen molar-refractivity contribution >= 4 is 18.0 Å². The second-order valence-electron chi connectivity index (χ2n) is 2.07. The molecule has 0 aromatic heterocycles. The highest BCUT2D eigenvalue weighted by Crippen LogP contribution is 2.00. The van der Waals surface area contributed by atoms with Crippen LogP contribution in [0.4, 0.5) is 0 Å². The minimum Gasteiger partial charge on any atom is -0.481 e. The molecule has 12 heavy (non-hydrogen) atoms. The van der Waals surface area contributed by atoms with Crippen molar-refractivity contribution in [1.29, 1.82) is 0 Å². The molecule has 0 fully saturated rings. The van der Waals surface area contributed by atoms with Gasteiger partial charge in [-0.1, -0.05) is 0 Å². The summed E-state index contributed by atoms with van der Waals surface area (Å²) >= 11 is 0. The van der Waals surface area contributed by atoms with E-state index >= 15 is 0 Å². The number of nitrogens with two attached hydrogens (primary N) is 1. The summed E-state index contributed by atoms with van der Waals surface area (Å²) in [4.78, 5) is 33.3. The number of carbonyl (C=O) groups is 2. The van der Waals surface area contributed by atoms with Crippen LogP contribution in [0.2, 0.25) is 0 Å². The molecule has 0 aromatic carbocycles. The highest BCUT2D eigenvalue weighted by Gasteiger charge is 2.14. The van der Waals surface area contributed by atoms with Gasteiger partial charge in [0, 0.05) is 6.42 Å². The molecule has 0 rings (SSSR count). The lowest BCUT2D eigenvalue weighted by molar-refractivity contribution is -0.137. The zero-order valence-corrected chi connectivity index (χ0v) is 6.19. The van der Waals surface area contributed by atoms with Crippen LogP contribution in [0.1, 0.15) is 12.8 Å². The lowest BCUT2D eigenvalue weighted by Gasteiger charge is -2.02. The molecule has 6 heteroatoms. The van der Waals surface area contributed by atoms with E-state index in [-0.39, 0.29) is 12.8 Å². The SMILES string of the molecule is NC(=O)[C@H](CCC(=O)O)N=C=O. The van der Waals surface area contributed by atoms with Crippen molar-refractivity contribution < 1.29 is 19.5 Å². The van der Waals surface area contributed by atoms with Crippen molar-refractivity contribution in [3.05, 3.63) is 0 Å². The number of rotatable bonds is 5. The van der Waals surface area contributed by atoms with Gasteiger partial charge in [0.1, 0.15) is 6.04 Å². The first-order valence-corrected chi connectivity index (χ1v) is 3.16. The molecular formula is C6H8N2O4. The fraction of sp³-hybridized carbons (Fsp3) is 0.500. The number of primary amides is 1. The Morgan fingerprint density at radius 3 is 2.50 bits per heavy atom. The van der Waals surface area contributed by atoms with Crippen LogP contribution in [-0.2, 0) is 14.4 Å². The molecular weight excluding hydrogens is 164 g/mol. The Morgan fingerprint density at radius 2 is 2.17 bits per heavy atom. The first-order valence-electron chi connectivity index (χ1n) is 3.16. The summed E-state index contributed by atoms with van der Waals surface area (Å²) in [6.45, 7) is 0. The lowest BCUT2D eigenvalue weighted by atomic mass is 10.1. The normalized spacial score (nSPS) is 11.3. The second kappa shape index (κ2) is 5.03. The molecule has 0 heterocycles. The van der Waals surface area contributed by atoms with Crippen LogP contribution < -0.4 is 5.73 Å². The van der Waals surface area contributed by atoms with Crippen LogP contribution in [0, 0.1) is 0 Å². The first-order chi connectivity index (χ1) is 5.57. The van der Waals surface area contributed by atoms with Crippen LogP contribution in [0.25, 0.3) is 0 Å². The quantitative estimate of drug-likeness (QED) is 0.411. The van der Waals surface area contributed by atoms with Gasteiger partial charge < -0.3 is 10.8 Å². The summed E-state index contributed by atoms with van der Waals surface area (Å²) in [6, 6.07) is -1.07. The summed E-state index contributed by atoms with van der Waals surface area (Å²) < 4.78 is 0. The molecule has 0 unspecified atom stereocenters. The molecule has 1 atom stereocenters. The Morgan fingerprint density at radius 1 is 1.58 bits per heavy atom. The van der Waals surface area contributed by atoms with Gasteiger partial charge in [-0.3, -0.25) is 9.59 Å². The minimum atomic E-state index is -1.07. The fourth-order valence-corrected chi connectivity index (χ4v) is 0.594. The predicted molar refractivity (Wildman–Crippen MR) is 38.0 cm³/mol. The molecule has 6 nitrogen and oxygen atoms in total. The van der Waals surface area contributed by atoms with Crippen LogP contribution in [0.5, 0.6) is 0 Å². The Balaban J connectivity index is 4.05. The summed E-state index contributed by atoms with van der Waals surface area (Å²) in [5, 5.41) is 8.22. The number of hydrogen-bond acceptors (Lipinski definition) is 4. The van der Waals surface area contributed by atoms with E-state index in [2.05, 4.69) is 4.99 Å². The van der Waals surface area contributed by atoms with E-state index in [1.807, 2.05) is 0 Å². The van der Waals surface area contributed by atoms with Gasteiger partial charge >= 0.3 is 5.97 Å². The summed E-state index contributed by atoms with van der Waals surface area (Å²) in [5.74, 6) is -1.89. The highest BCUT2D eigenvalue weighted by molar-refractivity contribution is 5.81. The van der Waals surface area contributed by atoms with Crippen LogP contribution in [-0.4, -0.2) is 29.1 Å². The number of carboxylic acid groups (broad SMARTS) is 1. The topological polar surface area (TPSA) is 110 Å². The number of isocyanates is 1. The van der Waals surface area contributed by atoms with Crippen LogP contribution in [0.3, 0.4) is 0 Å². The molecule has 0 aliphatic rings. The van der Waals surface area contributed by atoms with Gasteiger partial charge in [0.25, 0.3) is 0 Å². The maximum Gasteiger partial charge on any atom is 0.303 e. The zero-order valence-electron chi connectivity index (χ0n) is 6.19. The molecule has 66 valence electrons. The Hall–Kier alpha value is -1.68. The van der Waals surface area contributed by atoms with Crippen molar-refractivity contribution in [2.24, 2.45) is 10.7 Å². The van der Waals surface area contributed by atoms with Gasteiger partial charge in [-0.15, -0.1) is 0 Å². The van der Waals surface area contributed by atoms with E-state index in [4.69, 9.17) is 10.8 Å². The largest absolute Gasteiger partial charge is 0.481 e. The molecule has 0 saturated heterocycles. The second-order valence-corrected chi connectivity index (χ2v) is 2.07. The Kier molecular flexibility index (Phi) is 4.33. The summed E-state index contributed by atoms with van der Waals surface area (Å²) in [6.07, 6.45) is 0.833. The van der Waals surface area contributed by atoms with E-state index in [1.165, 1.54) is 0 Å². The maximum absolute atomic E-state index is 10.5. The number of aliphatic carboxylic acids is 1. The molecule has 0 aliphatic carbocycles. The summed E-state index contributed by atoms with van der Waals surface area (Å²) in [7, 11) is 0. The van der Waals surface area contributed by atoms with Crippen LogP contribution in [0.15, 0.2) is 4.99 Å². The number of hydrogen-bond donors (Lipinski definition) is 2. The minimum absolute atomic E-state index is 0.0695. The van der Waals surface area contributed by atoms with E-state index in [0.717, 1.165) is 6.08 Å². The average molecular weight is 172 g/mol. The molecule has 0 spiro atoms. The van der Waals surface area contributed by atoms with E-state index in [1.54, 1.807) is 0 Å². The first kappa shape index (κ1) is 10.3. The third kappa shape index (κ3) is 4.19. The predicted octanol–water partition coefficient (Wildman–Crippen LogP) is -0.959. The van der Waals surface area contributed by atoms with Crippen molar-refractivity contribution in [2.45, 2.75) is 18.9 Å². The zero-order chi connectivity index (χ0) is 9.56. The van der Waals surface area contributed by atoms with Gasteiger partial charge in [-0.2, -0.15) is 4.99 Å². The summed E-state index contributed by atoms with van der Waals surface area (Å²) in [5.41, 5.74) is 4.80. The smallest absolute Gasteiger partial charge is 0.303 e. The standard InChI is InChI=1S/C6H8N2O4/c7-6(12)4(8-3-9)1-2-5(10)11/h4H,1-2H2,(H2,7,12)(H,10,11)/t4-/m0/s1. The molecule has 0 bridgehead atoms. The van der Waals surface area contributed by atoms with Crippen LogP contribution >= 0.6 is 0 Å². The number of nitrogens with zero attached hydrogens (tertiary/aromatic N) is 1. The Labute approximate surface area is 68.1 Å². The van der Waals surface area contributed by atoms with Gasteiger partial charge in [0.05, 0.1) is 0 Å². The average Bonchev–Trinajstić information content (AvgIpc) is 1.96. The van der Waals surface area contributed by atoms with Gasteiger partial charge in [0.15, 0.2) is 0 Å². The van der Waals surface area contributed by atoms with E-state index in [0.29, 0.717) is 0 Å². The van der Waals surface area contributed by atoms with Crippen molar-refractivity contribution in [1.82, 2.24) is 0 Å². The fourth-order valence-electron chi connectivity index (χ4n) is 0.594. The third-order valence-corrected chi connectivity index (χ3v) is 1.17. The van der Waals surface area contributed by atoms with Gasteiger partial charge in [-0.25, -0.2) is 4.79 Å². The molecule has 3 N–H and O–H groups in total. The van der Waals surface area contributed by atoms with E-state index < -0.39 is 17.9 Å². The number of amides is 1. The highest BCUT2D eigenvalue weighted by atomic mass is 16.4. The van der Waals surface area contributed by atoms with E-state index in [9.17, 15) is 14.4 Å². The molecule has 0 aliphatic heterocycles. The van der Waals surface area contributed by atoms with Crippen molar-refractivity contribution in [2.75, 3.05) is 0 Å². The van der Waals surface area contributed by atoms with Gasteiger partial charge in [0.2, 0.25) is 12.0 Å². The van der Waals surface area contributed by atoms with Crippen molar-refractivity contribution in [3.63, 3.8) is 0 Å². The molecule has 0 radical (unpaired) electrons. The number of carboxylic acids is 1. The Bertz CT molecular complexity index is 230. The number of carbonyl (C=O) groups excluding carboxylic acids is 2. The monoisotopic (exact) mass is 172 g/mol.